The first-order valence-electron chi connectivity index (χ1n) is 9.92. The van der Waals surface area contributed by atoms with E-state index < -0.39 is 46.5 Å². The molecule has 0 radical (unpaired) electrons. The number of amides is 1. The standard InChI is InChI=1S/C23H20F5NO2/c1-12-16(24)11-15(13-5-3-2-4-6-13)19(25)17(12)18-20(30)22(29-21(18)31)9-7-14(8-10-22)23(26,27)28/h2-6,11,14,30H,7-10H2,1H3,(H,29,31). The largest absolute Gasteiger partial charge is 0.509 e. The van der Waals surface area contributed by atoms with Crippen molar-refractivity contribution in [3.8, 4) is 11.1 Å². The van der Waals surface area contributed by atoms with Gasteiger partial charge in [0.05, 0.1) is 17.0 Å². The first-order chi connectivity index (χ1) is 14.5. The van der Waals surface area contributed by atoms with Crippen LogP contribution in [0.15, 0.2) is 42.2 Å². The topological polar surface area (TPSA) is 49.3 Å². The summed E-state index contributed by atoms with van der Waals surface area (Å²) in [6.45, 7) is 1.29. The van der Waals surface area contributed by atoms with Crippen LogP contribution in [0, 0.1) is 24.5 Å². The quantitative estimate of drug-likeness (QED) is 0.581. The molecule has 2 aliphatic rings. The molecule has 3 nitrogen and oxygen atoms in total. The predicted molar refractivity (Wildman–Crippen MR) is 105 cm³/mol. The first kappa shape index (κ1) is 21.3. The zero-order valence-electron chi connectivity index (χ0n) is 16.6. The van der Waals surface area contributed by atoms with E-state index in [4.69, 9.17) is 0 Å². The van der Waals surface area contributed by atoms with Gasteiger partial charge in [-0.3, -0.25) is 4.79 Å². The molecule has 31 heavy (non-hydrogen) atoms. The van der Waals surface area contributed by atoms with E-state index in [0.717, 1.165) is 6.07 Å². The van der Waals surface area contributed by atoms with Gasteiger partial charge in [0, 0.05) is 11.1 Å². The molecule has 2 aromatic carbocycles. The third-order valence-electron chi connectivity index (χ3n) is 6.37. The Morgan fingerprint density at radius 2 is 1.71 bits per heavy atom. The fraction of sp³-hybridized carbons (Fsp3) is 0.348. The van der Waals surface area contributed by atoms with Gasteiger partial charge in [-0.15, -0.1) is 0 Å². The molecule has 1 aliphatic carbocycles. The summed E-state index contributed by atoms with van der Waals surface area (Å²) in [6, 6.07) is 9.21. The highest BCUT2D eigenvalue weighted by Crippen LogP contribution is 2.48. The van der Waals surface area contributed by atoms with Crippen LogP contribution in [0.3, 0.4) is 0 Å². The number of rotatable bonds is 2. The number of alkyl halides is 3. The Morgan fingerprint density at radius 1 is 1.10 bits per heavy atom. The van der Waals surface area contributed by atoms with Crippen molar-refractivity contribution in [1.82, 2.24) is 5.32 Å². The molecule has 0 saturated heterocycles. The zero-order chi connectivity index (χ0) is 22.6. The van der Waals surface area contributed by atoms with Gasteiger partial charge < -0.3 is 10.4 Å². The number of aliphatic hydroxyl groups is 1. The maximum Gasteiger partial charge on any atom is 0.391 e. The van der Waals surface area contributed by atoms with Gasteiger partial charge in [-0.25, -0.2) is 8.78 Å². The van der Waals surface area contributed by atoms with Crippen molar-refractivity contribution in [2.24, 2.45) is 5.92 Å². The lowest BCUT2D eigenvalue weighted by atomic mass is 9.75. The van der Waals surface area contributed by atoms with Crippen molar-refractivity contribution in [1.29, 1.82) is 0 Å². The van der Waals surface area contributed by atoms with Gasteiger partial charge in [-0.1, -0.05) is 30.3 Å². The molecule has 164 valence electrons. The lowest BCUT2D eigenvalue weighted by Gasteiger charge is -2.37. The molecule has 1 saturated carbocycles. The summed E-state index contributed by atoms with van der Waals surface area (Å²) in [4.78, 5) is 12.8. The molecule has 4 rings (SSSR count). The van der Waals surface area contributed by atoms with E-state index in [9.17, 15) is 27.5 Å². The number of halogens is 5. The van der Waals surface area contributed by atoms with Gasteiger partial charge >= 0.3 is 6.18 Å². The van der Waals surface area contributed by atoms with Gasteiger partial charge in [-0.05, 0) is 49.8 Å². The highest BCUT2D eigenvalue weighted by atomic mass is 19.4. The number of carbonyl (C=O) groups is 1. The second kappa shape index (κ2) is 7.35. The monoisotopic (exact) mass is 437 g/mol. The van der Waals surface area contributed by atoms with Crippen molar-refractivity contribution < 1.29 is 31.9 Å². The van der Waals surface area contributed by atoms with Crippen LogP contribution in [0.25, 0.3) is 16.7 Å². The number of aliphatic hydroxyl groups excluding tert-OH is 1. The maximum atomic E-state index is 15.5. The highest BCUT2D eigenvalue weighted by Gasteiger charge is 2.52. The molecule has 1 heterocycles. The van der Waals surface area contributed by atoms with Gasteiger partial charge in [0.1, 0.15) is 17.4 Å². The van der Waals surface area contributed by atoms with Gasteiger partial charge in [0.25, 0.3) is 5.91 Å². The SMILES string of the molecule is Cc1c(F)cc(-c2ccccc2)c(F)c1C1=C(O)C2(CCC(C(F)(F)F)CC2)NC1=O. The zero-order valence-corrected chi connectivity index (χ0v) is 16.6. The van der Waals surface area contributed by atoms with Crippen molar-refractivity contribution >= 4 is 11.5 Å². The number of carbonyl (C=O) groups excluding carboxylic acids is 1. The number of benzene rings is 2. The van der Waals surface area contributed by atoms with Crippen LogP contribution in [-0.4, -0.2) is 22.7 Å². The number of hydrogen-bond acceptors (Lipinski definition) is 2. The predicted octanol–water partition coefficient (Wildman–Crippen LogP) is 5.83. The third kappa shape index (κ3) is 3.47. The molecule has 1 aliphatic heterocycles. The van der Waals surface area contributed by atoms with Crippen LogP contribution in [0.4, 0.5) is 22.0 Å². The van der Waals surface area contributed by atoms with Crippen LogP contribution >= 0.6 is 0 Å². The van der Waals surface area contributed by atoms with Crippen LogP contribution in [0.1, 0.15) is 36.8 Å². The molecule has 0 aromatic heterocycles. The van der Waals surface area contributed by atoms with Crippen LogP contribution in [-0.2, 0) is 4.79 Å². The molecule has 0 atom stereocenters. The van der Waals surface area contributed by atoms with Gasteiger partial charge in [0.2, 0.25) is 0 Å². The molecular formula is C23H20F5NO2. The average Bonchev–Trinajstić information content (AvgIpc) is 2.95. The molecule has 1 fully saturated rings. The van der Waals surface area contributed by atoms with E-state index in [1.807, 2.05) is 0 Å². The first-order valence-corrected chi connectivity index (χ1v) is 9.92. The molecule has 1 amide bonds. The second-order valence-corrected chi connectivity index (χ2v) is 8.16. The number of hydrogen-bond donors (Lipinski definition) is 2. The average molecular weight is 437 g/mol. The minimum Gasteiger partial charge on any atom is -0.509 e. The van der Waals surface area contributed by atoms with Crippen LogP contribution in [0.2, 0.25) is 0 Å². The highest BCUT2D eigenvalue weighted by molar-refractivity contribution is 6.23. The summed E-state index contributed by atoms with van der Waals surface area (Å²) < 4.78 is 69.3. The normalized spacial score (nSPS) is 24.1. The molecule has 1 spiro atoms. The maximum absolute atomic E-state index is 15.5. The Labute approximate surface area is 175 Å². The Bertz CT molecular complexity index is 1070. The van der Waals surface area contributed by atoms with Crippen molar-refractivity contribution in [2.75, 3.05) is 0 Å². The van der Waals surface area contributed by atoms with Crippen molar-refractivity contribution in [2.45, 2.75) is 44.3 Å². The minimum absolute atomic E-state index is 0.0754. The van der Waals surface area contributed by atoms with Crippen molar-refractivity contribution in [3.05, 3.63) is 64.9 Å². The van der Waals surface area contributed by atoms with E-state index in [1.54, 1.807) is 30.3 Å². The Balaban J connectivity index is 1.81. The van der Waals surface area contributed by atoms with E-state index >= 15 is 4.39 Å². The molecular weight excluding hydrogens is 417 g/mol. The van der Waals surface area contributed by atoms with Crippen molar-refractivity contribution in [3.63, 3.8) is 0 Å². The van der Waals surface area contributed by atoms with E-state index in [2.05, 4.69) is 5.32 Å². The summed E-state index contributed by atoms with van der Waals surface area (Å²) >= 11 is 0. The Hall–Kier alpha value is -2.90. The van der Waals surface area contributed by atoms with E-state index in [0.29, 0.717) is 5.56 Å². The van der Waals surface area contributed by atoms with Crippen LogP contribution in [0.5, 0.6) is 0 Å². The molecule has 2 aromatic rings. The smallest absolute Gasteiger partial charge is 0.391 e. The fourth-order valence-electron chi connectivity index (χ4n) is 4.56. The van der Waals surface area contributed by atoms with E-state index in [1.165, 1.54) is 6.92 Å². The molecule has 0 unspecified atom stereocenters. The third-order valence-corrected chi connectivity index (χ3v) is 6.37. The fourth-order valence-corrected chi connectivity index (χ4v) is 4.56. The summed E-state index contributed by atoms with van der Waals surface area (Å²) in [6.07, 6.45) is -5.19. The Morgan fingerprint density at radius 3 is 2.29 bits per heavy atom. The molecule has 8 heteroatoms. The summed E-state index contributed by atoms with van der Waals surface area (Å²) in [5.41, 5.74) is -2.03. The summed E-state index contributed by atoms with van der Waals surface area (Å²) in [7, 11) is 0. The second-order valence-electron chi connectivity index (χ2n) is 8.16. The summed E-state index contributed by atoms with van der Waals surface area (Å²) in [5, 5.41) is 13.5. The molecule has 0 bridgehead atoms. The van der Waals surface area contributed by atoms with Crippen LogP contribution < -0.4 is 5.32 Å². The van der Waals surface area contributed by atoms with Gasteiger partial charge in [0.15, 0.2) is 0 Å². The number of nitrogens with one attached hydrogen (secondary N) is 1. The molecule has 2 N–H and O–H groups in total. The lowest BCUT2D eigenvalue weighted by molar-refractivity contribution is -0.184. The van der Waals surface area contributed by atoms with Gasteiger partial charge in [-0.2, -0.15) is 13.2 Å². The lowest BCUT2D eigenvalue weighted by Crippen LogP contribution is -2.48. The summed E-state index contributed by atoms with van der Waals surface area (Å²) in [5.74, 6) is -4.50. The van der Waals surface area contributed by atoms with E-state index in [-0.39, 0.29) is 42.4 Å². The Kier molecular flexibility index (Phi) is 5.06. The minimum atomic E-state index is -4.36.